The van der Waals surface area contributed by atoms with Gasteiger partial charge in [0.1, 0.15) is 18.1 Å². The monoisotopic (exact) mass is 562 g/mol. The van der Waals surface area contributed by atoms with E-state index in [1.807, 2.05) is 30.5 Å². The van der Waals surface area contributed by atoms with Gasteiger partial charge in [0.25, 0.3) is 0 Å². The van der Waals surface area contributed by atoms with Crippen LogP contribution in [0.3, 0.4) is 0 Å². The number of nitrogens with one attached hydrogen (secondary N) is 4. The fraction of sp³-hybridized carbons (Fsp3) is 0.556. The minimum absolute atomic E-state index is 0.114. The molecule has 0 aliphatic rings. The molecule has 9 N–H and O–H groups in total. The zero-order valence-corrected chi connectivity index (χ0v) is 23.7. The van der Waals surface area contributed by atoms with Gasteiger partial charge < -0.3 is 37.5 Å². The van der Waals surface area contributed by atoms with Gasteiger partial charge in [0.2, 0.25) is 17.7 Å². The first-order valence-electron chi connectivity index (χ1n) is 13.2. The predicted octanol–water partition coefficient (Wildman–Crippen LogP) is 1.11. The number of hydrogen-bond donors (Lipinski definition) is 7. The van der Waals surface area contributed by atoms with E-state index in [0.29, 0.717) is 38.0 Å². The van der Waals surface area contributed by atoms with Crippen LogP contribution in [0.2, 0.25) is 0 Å². The van der Waals surface area contributed by atoms with Gasteiger partial charge in [-0.05, 0) is 61.8 Å². The quantitative estimate of drug-likeness (QED) is 0.139. The van der Waals surface area contributed by atoms with Crippen molar-refractivity contribution in [2.45, 2.75) is 70.1 Å². The Morgan fingerprint density at radius 3 is 2.28 bits per heavy atom. The highest BCUT2D eigenvalue weighted by Crippen LogP contribution is 2.19. The molecule has 1 aromatic heterocycles. The normalized spacial score (nSPS) is 14.4. The fourth-order valence-corrected chi connectivity index (χ4v) is 4.68. The summed E-state index contributed by atoms with van der Waals surface area (Å²) in [6.07, 6.45) is 5.81. The van der Waals surface area contributed by atoms with Crippen molar-refractivity contribution < 1.29 is 24.3 Å². The molecular formula is C27H42N6O5S. The lowest BCUT2D eigenvalue weighted by Crippen LogP contribution is -2.58. The molecule has 3 amide bonds. The molecule has 4 atom stereocenters. The van der Waals surface area contributed by atoms with E-state index in [1.165, 1.54) is 0 Å². The number of aliphatic carboxylic acids is 1. The molecule has 2 rings (SSSR count). The van der Waals surface area contributed by atoms with E-state index in [-0.39, 0.29) is 12.3 Å². The number of rotatable bonds is 17. The van der Waals surface area contributed by atoms with Crippen LogP contribution in [0.4, 0.5) is 0 Å². The van der Waals surface area contributed by atoms with E-state index < -0.39 is 47.9 Å². The average molecular weight is 563 g/mol. The molecule has 2 aromatic rings. The molecule has 12 heteroatoms. The predicted molar refractivity (Wildman–Crippen MR) is 154 cm³/mol. The molecule has 0 spiro atoms. The Kier molecular flexibility index (Phi) is 13.3. The summed E-state index contributed by atoms with van der Waals surface area (Å²) in [5.41, 5.74) is 13.3. The van der Waals surface area contributed by atoms with Crippen molar-refractivity contribution >= 4 is 46.4 Å². The molecule has 11 nitrogen and oxygen atoms in total. The second-order valence-electron chi connectivity index (χ2n) is 9.93. The second-order valence-corrected chi connectivity index (χ2v) is 10.9. The number of fused-ring (bicyclic) bond motifs is 1. The standard InChI is InChI=1S/C27H42N6O5S/c1-16(2)23(27(37)38)33-26(36)22(14-17-15-30-20-9-5-4-8-18(17)20)32-25(35)21(10-6-7-12-28)31-24(34)19(29)11-13-39-3/h4-5,8-9,15-16,19,21-23,30H,6-7,10-14,28-29H2,1-3H3,(H,31,34)(H,32,35)(H,33,36)(H,37,38)/t19-,21-,22-,23-/m0/s1. The number of carboxylic acid groups (broad SMARTS) is 1. The molecule has 0 radical (unpaired) electrons. The first kappa shape index (κ1) is 32.1. The number of thioether (sulfide) groups is 1. The zero-order chi connectivity index (χ0) is 28.9. The van der Waals surface area contributed by atoms with Crippen molar-refractivity contribution in [3.63, 3.8) is 0 Å². The SMILES string of the molecule is CSCC[C@H](N)C(=O)N[C@@H](CCCCN)C(=O)N[C@@H](Cc1c[nH]c2ccccc12)C(=O)N[C@H](C(=O)O)C(C)C. The number of amides is 3. The highest BCUT2D eigenvalue weighted by molar-refractivity contribution is 7.98. The van der Waals surface area contributed by atoms with Gasteiger partial charge in [-0.3, -0.25) is 14.4 Å². The van der Waals surface area contributed by atoms with Crippen LogP contribution in [0, 0.1) is 5.92 Å². The van der Waals surface area contributed by atoms with E-state index in [4.69, 9.17) is 11.5 Å². The molecule has 0 bridgehead atoms. The van der Waals surface area contributed by atoms with Crippen molar-refractivity contribution in [1.82, 2.24) is 20.9 Å². The van der Waals surface area contributed by atoms with Gasteiger partial charge in [0.15, 0.2) is 0 Å². The summed E-state index contributed by atoms with van der Waals surface area (Å²) in [4.78, 5) is 54.4. The Morgan fingerprint density at radius 2 is 1.64 bits per heavy atom. The van der Waals surface area contributed by atoms with Crippen molar-refractivity contribution in [1.29, 1.82) is 0 Å². The van der Waals surface area contributed by atoms with E-state index in [2.05, 4.69) is 20.9 Å². The Balaban J connectivity index is 2.29. The van der Waals surface area contributed by atoms with Crippen LogP contribution >= 0.6 is 11.8 Å². The molecule has 0 saturated heterocycles. The number of carbonyl (C=O) groups is 4. The van der Waals surface area contributed by atoms with Gasteiger partial charge in [-0.15, -0.1) is 0 Å². The van der Waals surface area contributed by atoms with Gasteiger partial charge >= 0.3 is 5.97 Å². The van der Waals surface area contributed by atoms with Crippen LogP contribution in [0.15, 0.2) is 30.5 Å². The highest BCUT2D eigenvalue weighted by Gasteiger charge is 2.31. The van der Waals surface area contributed by atoms with Crippen LogP contribution < -0.4 is 27.4 Å². The summed E-state index contributed by atoms with van der Waals surface area (Å²) >= 11 is 1.57. The summed E-state index contributed by atoms with van der Waals surface area (Å²) in [6.45, 7) is 3.82. The summed E-state index contributed by atoms with van der Waals surface area (Å²) in [7, 11) is 0. The lowest BCUT2D eigenvalue weighted by atomic mass is 10.0. The number of nitrogens with two attached hydrogens (primary N) is 2. The highest BCUT2D eigenvalue weighted by atomic mass is 32.2. The summed E-state index contributed by atoms with van der Waals surface area (Å²) in [5, 5.41) is 18.6. The van der Waals surface area contributed by atoms with Crippen molar-refractivity contribution in [3.05, 3.63) is 36.0 Å². The number of H-pyrrole nitrogens is 1. The van der Waals surface area contributed by atoms with Crippen molar-refractivity contribution in [2.24, 2.45) is 17.4 Å². The van der Waals surface area contributed by atoms with Crippen LogP contribution in [0.5, 0.6) is 0 Å². The van der Waals surface area contributed by atoms with Crippen LogP contribution in [0.25, 0.3) is 10.9 Å². The number of benzene rings is 1. The van der Waals surface area contributed by atoms with Gasteiger partial charge in [0.05, 0.1) is 6.04 Å². The number of aromatic amines is 1. The molecule has 0 fully saturated rings. The van der Waals surface area contributed by atoms with Crippen LogP contribution in [-0.4, -0.2) is 76.5 Å². The first-order chi connectivity index (χ1) is 18.6. The summed E-state index contributed by atoms with van der Waals surface area (Å²) in [5.74, 6) is -2.46. The maximum absolute atomic E-state index is 13.5. The molecule has 0 saturated carbocycles. The zero-order valence-electron chi connectivity index (χ0n) is 22.9. The summed E-state index contributed by atoms with van der Waals surface area (Å²) < 4.78 is 0. The first-order valence-corrected chi connectivity index (χ1v) is 14.6. The number of para-hydroxylation sites is 1. The Bertz CT molecular complexity index is 1110. The van der Waals surface area contributed by atoms with Crippen molar-refractivity contribution in [3.8, 4) is 0 Å². The fourth-order valence-electron chi connectivity index (χ4n) is 4.19. The minimum atomic E-state index is -1.17. The largest absolute Gasteiger partial charge is 0.480 e. The van der Waals surface area contributed by atoms with Crippen LogP contribution in [0.1, 0.15) is 45.1 Å². The Hall–Kier alpha value is -3.09. The average Bonchev–Trinajstić information content (AvgIpc) is 3.31. The number of carbonyl (C=O) groups excluding carboxylic acids is 3. The molecule has 0 aliphatic heterocycles. The lowest BCUT2D eigenvalue weighted by molar-refractivity contribution is -0.143. The summed E-state index contributed by atoms with van der Waals surface area (Å²) in [6, 6.07) is 3.64. The Labute approximate surface area is 233 Å². The van der Waals surface area contributed by atoms with E-state index in [9.17, 15) is 24.3 Å². The number of hydrogen-bond acceptors (Lipinski definition) is 7. The molecule has 0 aliphatic carbocycles. The molecular weight excluding hydrogens is 520 g/mol. The number of aromatic nitrogens is 1. The lowest BCUT2D eigenvalue weighted by Gasteiger charge is -2.26. The van der Waals surface area contributed by atoms with Gasteiger partial charge in [-0.1, -0.05) is 32.0 Å². The Morgan fingerprint density at radius 1 is 0.974 bits per heavy atom. The third-order valence-electron chi connectivity index (χ3n) is 6.51. The molecule has 216 valence electrons. The topological polar surface area (TPSA) is 192 Å². The number of unbranched alkanes of at least 4 members (excludes halogenated alkanes) is 1. The third-order valence-corrected chi connectivity index (χ3v) is 7.16. The maximum atomic E-state index is 13.5. The van der Waals surface area contributed by atoms with E-state index >= 15 is 0 Å². The third kappa shape index (κ3) is 9.86. The van der Waals surface area contributed by atoms with E-state index in [1.54, 1.807) is 31.8 Å². The molecule has 0 unspecified atom stereocenters. The van der Waals surface area contributed by atoms with Crippen molar-refractivity contribution in [2.75, 3.05) is 18.6 Å². The molecule has 1 heterocycles. The number of carboxylic acids is 1. The van der Waals surface area contributed by atoms with Gasteiger partial charge in [-0.2, -0.15) is 11.8 Å². The minimum Gasteiger partial charge on any atom is -0.480 e. The van der Waals surface area contributed by atoms with Crippen LogP contribution in [-0.2, 0) is 25.6 Å². The van der Waals surface area contributed by atoms with Gasteiger partial charge in [0, 0.05) is 23.5 Å². The second kappa shape index (κ2) is 16.1. The van der Waals surface area contributed by atoms with E-state index in [0.717, 1.165) is 16.5 Å². The smallest absolute Gasteiger partial charge is 0.326 e. The molecule has 1 aromatic carbocycles. The molecule has 39 heavy (non-hydrogen) atoms. The maximum Gasteiger partial charge on any atom is 0.326 e. The van der Waals surface area contributed by atoms with Gasteiger partial charge in [-0.25, -0.2) is 4.79 Å².